The van der Waals surface area contributed by atoms with Gasteiger partial charge in [0.2, 0.25) is 11.8 Å². The lowest BCUT2D eigenvalue weighted by atomic mass is 9.87. The molecule has 11 nitrogen and oxygen atoms in total. The summed E-state index contributed by atoms with van der Waals surface area (Å²) in [6.45, 7) is 2.38. The van der Waals surface area contributed by atoms with Crippen molar-refractivity contribution in [2.45, 2.75) is 43.6 Å². The zero-order chi connectivity index (χ0) is 32.8. The zero-order valence-electron chi connectivity index (χ0n) is 25.3. The first-order valence-corrected chi connectivity index (χ1v) is 14.6. The van der Waals surface area contributed by atoms with Crippen molar-refractivity contribution >= 4 is 23.5 Å². The summed E-state index contributed by atoms with van der Waals surface area (Å²) in [4.78, 5) is 37.0. The zero-order valence-corrected chi connectivity index (χ0v) is 25.3. The molecule has 2 N–H and O–H groups in total. The van der Waals surface area contributed by atoms with E-state index in [0.717, 1.165) is 32.0 Å². The average molecular weight is 645 g/mol. The highest BCUT2D eigenvalue weighted by atomic mass is 19.4. The molecule has 1 aromatic heterocycles. The van der Waals surface area contributed by atoms with Crippen molar-refractivity contribution in [3.63, 3.8) is 0 Å². The van der Waals surface area contributed by atoms with E-state index in [9.17, 15) is 22.8 Å². The fraction of sp³-hybridized carbons (Fsp3) is 0.419. The van der Waals surface area contributed by atoms with Crippen LogP contribution >= 0.6 is 0 Å². The Kier molecular flexibility index (Phi) is 8.23. The Morgan fingerprint density at radius 3 is 2.63 bits per heavy atom. The van der Waals surface area contributed by atoms with Gasteiger partial charge in [0.05, 0.1) is 42.2 Å². The van der Waals surface area contributed by atoms with E-state index < -0.39 is 35.3 Å². The van der Waals surface area contributed by atoms with E-state index in [1.807, 2.05) is 7.05 Å². The van der Waals surface area contributed by atoms with Crippen molar-refractivity contribution in [3.05, 3.63) is 64.6 Å². The number of ether oxygens (including phenoxy) is 3. The Morgan fingerprint density at radius 2 is 1.91 bits per heavy atom. The Morgan fingerprint density at radius 1 is 1.15 bits per heavy atom. The Labute approximate surface area is 261 Å². The maximum Gasteiger partial charge on any atom is 0.423 e. The van der Waals surface area contributed by atoms with Gasteiger partial charge in [0.15, 0.2) is 0 Å². The first-order valence-electron chi connectivity index (χ1n) is 14.6. The molecule has 0 saturated carbocycles. The number of alkyl halides is 3. The van der Waals surface area contributed by atoms with Crippen LogP contribution in [-0.4, -0.2) is 84.1 Å². The van der Waals surface area contributed by atoms with Gasteiger partial charge < -0.3 is 34.6 Å². The molecule has 3 aliphatic rings. The lowest BCUT2D eigenvalue weighted by Crippen LogP contribution is -2.43. The number of hydrogen-bond acceptors (Lipinski definition) is 9. The number of hydrogen-bond donors (Lipinski definition) is 2. The Bertz CT molecular complexity index is 1680. The summed E-state index contributed by atoms with van der Waals surface area (Å²) in [5.41, 5.74) is -1.18. The van der Waals surface area contributed by atoms with Gasteiger partial charge in [0.1, 0.15) is 22.9 Å². The van der Waals surface area contributed by atoms with E-state index in [1.165, 1.54) is 24.1 Å². The quantitative estimate of drug-likeness (QED) is 0.352. The highest BCUT2D eigenvalue weighted by molar-refractivity contribution is 6.01. The van der Waals surface area contributed by atoms with Crippen LogP contribution in [0.2, 0.25) is 0 Å². The molecule has 3 aromatic rings. The van der Waals surface area contributed by atoms with Gasteiger partial charge in [-0.3, -0.25) is 9.59 Å². The van der Waals surface area contributed by atoms with Gasteiger partial charge in [0.25, 0.3) is 11.8 Å². The number of methoxy groups -OCH3 is 1. The third-order valence-corrected chi connectivity index (χ3v) is 8.57. The second-order valence-corrected chi connectivity index (χ2v) is 11.8. The number of fused-ring (bicyclic) bond motifs is 1. The van der Waals surface area contributed by atoms with E-state index in [-0.39, 0.29) is 52.4 Å². The van der Waals surface area contributed by atoms with E-state index >= 15 is 4.39 Å². The molecule has 0 bridgehead atoms. The third kappa shape index (κ3) is 6.16. The lowest BCUT2D eigenvalue weighted by molar-refractivity contribution is -0.139. The molecule has 15 heteroatoms. The number of benzene rings is 2. The third-order valence-electron chi connectivity index (χ3n) is 8.57. The summed E-state index contributed by atoms with van der Waals surface area (Å²) in [6, 6.07) is 6.48. The normalized spacial score (nSPS) is 19.3. The lowest BCUT2D eigenvalue weighted by Gasteiger charge is -2.36. The molecule has 244 valence electrons. The second-order valence-electron chi connectivity index (χ2n) is 11.8. The van der Waals surface area contributed by atoms with Gasteiger partial charge in [-0.1, -0.05) is 12.1 Å². The summed E-state index contributed by atoms with van der Waals surface area (Å²) in [5.74, 6) is -3.29. The van der Waals surface area contributed by atoms with Crippen molar-refractivity contribution in [3.8, 4) is 17.4 Å². The van der Waals surface area contributed by atoms with Crippen molar-refractivity contribution < 1.29 is 41.4 Å². The minimum absolute atomic E-state index is 0.0153. The monoisotopic (exact) mass is 644 g/mol. The highest BCUT2D eigenvalue weighted by Gasteiger charge is 2.43. The number of nitrogens with zero attached hydrogens (tertiary/aromatic N) is 4. The summed E-state index contributed by atoms with van der Waals surface area (Å²) in [7, 11) is 4.90. The Balaban J connectivity index is 1.22. The molecule has 1 unspecified atom stereocenters. The molecular weight excluding hydrogens is 612 g/mol. The van der Waals surface area contributed by atoms with Gasteiger partial charge in [0, 0.05) is 38.9 Å². The van der Waals surface area contributed by atoms with Crippen LogP contribution in [0.15, 0.2) is 36.5 Å². The molecule has 46 heavy (non-hydrogen) atoms. The molecule has 6 rings (SSSR count). The minimum atomic E-state index is -4.89. The molecule has 2 saturated heterocycles. The topological polar surface area (TPSA) is 118 Å². The number of piperidine rings is 1. The number of likely N-dealkylation sites (tertiary alicyclic amines) is 1. The molecule has 0 aliphatic carbocycles. The van der Waals surface area contributed by atoms with Crippen molar-refractivity contribution in [1.82, 2.24) is 25.1 Å². The first kappa shape index (κ1) is 31.5. The molecular formula is C31H32F4N6O5. The summed E-state index contributed by atoms with van der Waals surface area (Å²) >= 11 is 0. The van der Waals surface area contributed by atoms with Gasteiger partial charge in [-0.25, -0.2) is 9.37 Å². The van der Waals surface area contributed by atoms with Crippen LogP contribution in [0.3, 0.4) is 0 Å². The van der Waals surface area contributed by atoms with E-state index in [4.69, 9.17) is 14.2 Å². The van der Waals surface area contributed by atoms with Crippen molar-refractivity contribution in [2.75, 3.05) is 46.2 Å². The van der Waals surface area contributed by atoms with Crippen LogP contribution in [0.5, 0.6) is 17.4 Å². The van der Waals surface area contributed by atoms with Crippen LogP contribution in [0.1, 0.15) is 51.1 Å². The van der Waals surface area contributed by atoms with E-state index in [0.29, 0.717) is 24.8 Å². The fourth-order valence-electron chi connectivity index (χ4n) is 6.05. The van der Waals surface area contributed by atoms with Crippen molar-refractivity contribution in [1.29, 1.82) is 0 Å². The number of rotatable bonds is 7. The van der Waals surface area contributed by atoms with Gasteiger partial charge in [-0.2, -0.15) is 18.2 Å². The molecule has 1 spiro atoms. The number of anilines is 2. The standard InChI is InChI=1S/C31H32F4N6O5/c1-40-9-7-30(8-10-40)13-18(16-45-30)37-26(42)19-11-24(44-3)22(12-21(19)32)38-29-36-14-20(31(33,34)35)27(39-29)46-23-6-4-5-17-15-41(2)28(43)25(17)23/h4-6,11-12,14,18H,7-10,13,15-16H2,1-3H3,(H,37,42)(H,36,38,39). The summed E-state index contributed by atoms with van der Waals surface area (Å²) in [6.07, 6.45) is -2.05. The van der Waals surface area contributed by atoms with Crippen LogP contribution in [0.4, 0.5) is 29.2 Å². The fourth-order valence-corrected chi connectivity index (χ4v) is 6.05. The highest BCUT2D eigenvalue weighted by Crippen LogP contribution is 2.40. The van der Waals surface area contributed by atoms with Crippen LogP contribution in [-0.2, 0) is 17.5 Å². The van der Waals surface area contributed by atoms with E-state index in [1.54, 1.807) is 19.2 Å². The van der Waals surface area contributed by atoms with Crippen LogP contribution < -0.4 is 20.1 Å². The smallest absolute Gasteiger partial charge is 0.423 e. The number of amides is 2. The van der Waals surface area contributed by atoms with Gasteiger partial charge >= 0.3 is 6.18 Å². The molecule has 1 atom stereocenters. The van der Waals surface area contributed by atoms with Crippen molar-refractivity contribution in [2.24, 2.45) is 0 Å². The number of halogens is 4. The number of aromatic nitrogens is 2. The Hall–Kier alpha value is -4.50. The average Bonchev–Trinajstić information content (AvgIpc) is 3.53. The maximum absolute atomic E-state index is 15.3. The first-order chi connectivity index (χ1) is 21.9. The predicted octanol–water partition coefficient (Wildman–Crippen LogP) is 4.75. The summed E-state index contributed by atoms with van der Waals surface area (Å²) < 4.78 is 74.1. The minimum Gasteiger partial charge on any atom is -0.495 e. The van der Waals surface area contributed by atoms with Crippen LogP contribution in [0, 0.1) is 5.82 Å². The number of carbonyl (C=O) groups is 2. The number of carbonyl (C=O) groups excluding carboxylic acids is 2. The van der Waals surface area contributed by atoms with Crippen LogP contribution in [0.25, 0.3) is 0 Å². The molecule has 4 heterocycles. The molecule has 3 aliphatic heterocycles. The van der Waals surface area contributed by atoms with Gasteiger partial charge in [-0.15, -0.1) is 0 Å². The molecule has 0 radical (unpaired) electrons. The molecule has 2 fully saturated rings. The van der Waals surface area contributed by atoms with E-state index in [2.05, 4.69) is 25.5 Å². The summed E-state index contributed by atoms with van der Waals surface area (Å²) in [5, 5.41) is 5.50. The maximum atomic E-state index is 15.3. The van der Waals surface area contributed by atoms with Gasteiger partial charge in [-0.05, 0) is 44.0 Å². The molecule has 2 aromatic carbocycles. The molecule has 2 amide bonds. The number of nitrogens with one attached hydrogen (secondary N) is 2. The predicted molar refractivity (Wildman–Crippen MR) is 157 cm³/mol. The SMILES string of the molecule is COc1cc(C(=O)NC2COC3(CCN(C)CC3)C2)c(F)cc1Nc1ncc(C(F)(F)F)c(Oc2cccc3c2C(=O)N(C)C3)n1. The second kappa shape index (κ2) is 12.0. The largest absolute Gasteiger partial charge is 0.495 e.